The van der Waals surface area contributed by atoms with E-state index in [1.54, 1.807) is 12.1 Å². The molecule has 0 saturated heterocycles. The molecule has 0 unspecified atom stereocenters. The molecule has 0 radical (unpaired) electrons. The van der Waals surface area contributed by atoms with Crippen molar-refractivity contribution in [3.63, 3.8) is 0 Å². The van der Waals surface area contributed by atoms with Crippen LogP contribution in [0.1, 0.15) is 17.4 Å². The number of nitrogens with zero attached hydrogens (tertiary/aromatic N) is 1. The predicted octanol–water partition coefficient (Wildman–Crippen LogP) is 1.24. The number of amides is 2. The first-order chi connectivity index (χ1) is 12.1. The second-order valence-corrected chi connectivity index (χ2v) is 5.70. The van der Waals surface area contributed by atoms with Crippen LogP contribution in [-0.4, -0.2) is 28.0 Å². The van der Waals surface area contributed by atoms with Crippen molar-refractivity contribution in [1.82, 2.24) is 15.2 Å². The molecule has 0 aliphatic rings. The maximum absolute atomic E-state index is 11.8. The number of rotatable bonds is 5. The van der Waals surface area contributed by atoms with Crippen LogP contribution in [0.3, 0.4) is 0 Å². The van der Waals surface area contributed by atoms with Gasteiger partial charge >= 0.3 is 11.8 Å². The van der Waals surface area contributed by atoms with Gasteiger partial charge in [-0.05, 0) is 18.2 Å². The zero-order valence-electron chi connectivity index (χ0n) is 13.7. The minimum Gasteiger partial charge on any atom is -0.467 e. The summed E-state index contributed by atoms with van der Waals surface area (Å²) in [4.78, 5) is 23.6. The smallest absolute Gasteiger partial charge is 0.309 e. The molecule has 3 N–H and O–H groups in total. The number of nitrogens with one attached hydrogen (secondary N) is 2. The molecule has 130 valence electrons. The van der Waals surface area contributed by atoms with Crippen molar-refractivity contribution in [2.75, 3.05) is 6.54 Å². The molecule has 3 aromatic rings. The van der Waals surface area contributed by atoms with Gasteiger partial charge in [-0.25, -0.2) is 0 Å². The van der Waals surface area contributed by atoms with Crippen molar-refractivity contribution in [3.8, 4) is 0 Å². The van der Waals surface area contributed by atoms with Crippen LogP contribution in [0, 0.1) is 0 Å². The first-order valence-corrected chi connectivity index (χ1v) is 7.86. The molecule has 0 bridgehead atoms. The number of hydrogen-bond acceptors (Lipinski definition) is 4. The van der Waals surface area contributed by atoms with Gasteiger partial charge in [0.25, 0.3) is 0 Å². The molecular formula is C18H19N3O4. The van der Waals surface area contributed by atoms with Gasteiger partial charge in [-0.15, -0.1) is 0 Å². The fourth-order valence-corrected chi connectivity index (χ4v) is 2.68. The van der Waals surface area contributed by atoms with Gasteiger partial charge in [-0.1, -0.05) is 18.2 Å². The van der Waals surface area contributed by atoms with Crippen LogP contribution in [0.4, 0.5) is 0 Å². The van der Waals surface area contributed by atoms with Crippen molar-refractivity contribution >= 4 is 22.7 Å². The lowest BCUT2D eigenvalue weighted by atomic mass is 10.1. The van der Waals surface area contributed by atoms with E-state index >= 15 is 0 Å². The van der Waals surface area contributed by atoms with Crippen LogP contribution in [0.25, 0.3) is 10.9 Å². The summed E-state index contributed by atoms with van der Waals surface area (Å²) in [5, 5.41) is 16.2. The van der Waals surface area contributed by atoms with Gasteiger partial charge in [-0.2, -0.15) is 0 Å². The largest absolute Gasteiger partial charge is 0.467 e. The molecule has 0 spiro atoms. The molecule has 25 heavy (non-hydrogen) atoms. The highest BCUT2D eigenvalue weighted by Crippen LogP contribution is 2.25. The Bertz CT molecular complexity index is 883. The Morgan fingerprint density at radius 1 is 1.16 bits per heavy atom. The van der Waals surface area contributed by atoms with Crippen molar-refractivity contribution < 1.29 is 19.1 Å². The molecule has 2 amide bonds. The summed E-state index contributed by atoms with van der Waals surface area (Å²) >= 11 is 0. The predicted molar refractivity (Wildman–Crippen MR) is 91.4 cm³/mol. The van der Waals surface area contributed by atoms with E-state index in [0.29, 0.717) is 11.3 Å². The third kappa shape index (κ3) is 3.72. The molecule has 0 aliphatic carbocycles. The van der Waals surface area contributed by atoms with Crippen molar-refractivity contribution in [2.24, 2.45) is 7.05 Å². The van der Waals surface area contributed by atoms with Gasteiger partial charge in [0.2, 0.25) is 0 Å². The maximum atomic E-state index is 11.8. The van der Waals surface area contributed by atoms with Gasteiger partial charge in [0.15, 0.2) is 0 Å². The third-order valence-corrected chi connectivity index (χ3v) is 3.95. The van der Waals surface area contributed by atoms with Crippen LogP contribution in [-0.2, 0) is 23.2 Å². The highest BCUT2D eigenvalue weighted by atomic mass is 16.3. The third-order valence-electron chi connectivity index (χ3n) is 3.95. The summed E-state index contributed by atoms with van der Waals surface area (Å²) in [7, 11) is 1.89. The first kappa shape index (κ1) is 16.8. The summed E-state index contributed by atoms with van der Waals surface area (Å²) in [6, 6.07) is 11.1. The minimum atomic E-state index is -0.909. The Balaban J connectivity index is 1.56. The monoisotopic (exact) mass is 341 g/mol. The van der Waals surface area contributed by atoms with Crippen molar-refractivity contribution in [1.29, 1.82) is 0 Å². The average molecular weight is 341 g/mol. The Morgan fingerprint density at radius 3 is 2.68 bits per heavy atom. The van der Waals surface area contributed by atoms with Gasteiger partial charge < -0.3 is 24.7 Å². The van der Waals surface area contributed by atoms with Crippen LogP contribution in [0.2, 0.25) is 0 Å². The molecule has 2 heterocycles. The van der Waals surface area contributed by atoms with E-state index < -0.39 is 17.9 Å². The van der Waals surface area contributed by atoms with Crippen molar-refractivity contribution in [2.45, 2.75) is 12.6 Å². The van der Waals surface area contributed by atoms with E-state index in [9.17, 15) is 14.7 Å². The highest BCUT2D eigenvalue weighted by molar-refractivity contribution is 6.35. The number of aliphatic hydroxyl groups excluding tert-OH is 1. The topological polar surface area (TPSA) is 96.5 Å². The number of benzene rings is 1. The van der Waals surface area contributed by atoms with E-state index in [0.717, 1.165) is 10.9 Å². The Morgan fingerprint density at radius 2 is 1.92 bits per heavy atom. The summed E-state index contributed by atoms with van der Waals surface area (Å²) in [5.74, 6) is -1.02. The second-order valence-electron chi connectivity index (χ2n) is 5.70. The average Bonchev–Trinajstić information content (AvgIpc) is 3.26. The summed E-state index contributed by atoms with van der Waals surface area (Å²) < 4.78 is 6.98. The van der Waals surface area contributed by atoms with Gasteiger partial charge in [0, 0.05) is 36.3 Å². The number of aliphatic hydroxyl groups is 1. The van der Waals surface area contributed by atoms with Crippen molar-refractivity contribution in [3.05, 3.63) is 60.2 Å². The number of carbonyl (C=O) groups is 2. The molecule has 2 aromatic heterocycles. The minimum absolute atomic E-state index is 0.0546. The van der Waals surface area contributed by atoms with Crippen LogP contribution >= 0.6 is 0 Å². The number of carbonyl (C=O) groups excluding carboxylic acids is 2. The van der Waals surface area contributed by atoms with Crippen LogP contribution in [0.5, 0.6) is 0 Å². The number of aromatic nitrogens is 1. The maximum Gasteiger partial charge on any atom is 0.309 e. The zero-order valence-corrected chi connectivity index (χ0v) is 13.7. The highest BCUT2D eigenvalue weighted by Gasteiger charge is 2.18. The number of hydrogen-bond donors (Lipinski definition) is 3. The number of aryl methyl sites for hydroxylation is 1. The van der Waals surface area contributed by atoms with E-state index in [1.165, 1.54) is 6.26 Å². The molecular weight excluding hydrogens is 322 g/mol. The molecule has 0 fully saturated rings. The van der Waals surface area contributed by atoms with E-state index in [4.69, 9.17) is 4.42 Å². The first-order valence-electron chi connectivity index (χ1n) is 7.86. The SMILES string of the molecule is Cn1cc([C@H](O)CNC(=O)C(=O)NCc2ccco2)c2ccccc21. The van der Waals surface area contributed by atoms with E-state index in [-0.39, 0.29) is 13.1 Å². The second kappa shape index (κ2) is 7.23. The van der Waals surface area contributed by atoms with E-state index in [1.807, 2.05) is 42.1 Å². The molecule has 0 saturated carbocycles. The Kier molecular flexibility index (Phi) is 4.85. The van der Waals surface area contributed by atoms with Gasteiger partial charge in [-0.3, -0.25) is 9.59 Å². The summed E-state index contributed by atoms with van der Waals surface area (Å²) in [6.07, 6.45) is 2.40. The van der Waals surface area contributed by atoms with Crippen LogP contribution in [0.15, 0.2) is 53.3 Å². The summed E-state index contributed by atoms with van der Waals surface area (Å²) in [6.45, 7) is 0.0755. The normalized spacial score (nSPS) is 12.1. The number of furan rings is 1. The van der Waals surface area contributed by atoms with Crippen LogP contribution < -0.4 is 10.6 Å². The van der Waals surface area contributed by atoms with E-state index in [2.05, 4.69) is 10.6 Å². The van der Waals surface area contributed by atoms with Gasteiger partial charge in [0.05, 0.1) is 18.9 Å². The number of fused-ring (bicyclic) bond motifs is 1. The molecule has 0 aliphatic heterocycles. The lowest BCUT2D eigenvalue weighted by Gasteiger charge is -2.11. The lowest BCUT2D eigenvalue weighted by Crippen LogP contribution is -2.41. The quantitative estimate of drug-likeness (QED) is 0.608. The standard InChI is InChI=1S/C18H19N3O4/c1-21-11-14(13-6-2-3-7-15(13)21)16(22)10-20-18(24)17(23)19-9-12-5-4-8-25-12/h2-8,11,16,22H,9-10H2,1H3,(H,19,23)(H,20,24)/t16-/m1/s1. The van der Waals surface area contributed by atoms with Gasteiger partial charge in [0.1, 0.15) is 5.76 Å². The Labute approximate surface area is 144 Å². The molecule has 7 nitrogen and oxygen atoms in total. The lowest BCUT2D eigenvalue weighted by molar-refractivity contribution is -0.139. The Hall–Kier alpha value is -3.06. The molecule has 7 heteroatoms. The molecule has 1 aromatic carbocycles. The molecule has 3 rings (SSSR count). The number of para-hydroxylation sites is 1. The fourth-order valence-electron chi connectivity index (χ4n) is 2.68. The summed E-state index contributed by atoms with van der Waals surface area (Å²) in [5.41, 5.74) is 1.69. The zero-order chi connectivity index (χ0) is 17.8. The molecule has 1 atom stereocenters. The fraction of sp³-hybridized carbons (Fsp3) is 0.222.